The van der Waals surface area contributed by atoms with Crippen molar-refractivity contribution >= 4 is 0 Å². The van der Waals surface area contributed by atoms with Gasteiger partial charge in [0.1, 0.15) is 5.82 Å². The molecule has 0 radical (unpaired) electrons. The molecule has 0 saturated carbocycles. The fourth-order valence-electron chi connectivity index (χ4n) is 0.720. The molecule has 0 bridgehead atoms. The minimum absolute atomic E-state index is 0.104. The van der Waals surface area contributed by atoms with E-state index in [2.05, 4.69) is 12.8 Å². The van der Waals surface area contributed by atoms with Crippen LogP contribution in [0.4, 0.5) is 4.39 Å². The van der Waals surface area contributed by atoms with Crippen molar-refractivity contribution in [3.8, 4) is 24.0 Å². The van der Waals surface area contributed by atoms with E-state index in [4.69, 9.17) is 0 Å². The maximum Gasteiger partial charge on any atom is 0.124 e. The van der Waals surface area contributed by atoms with Crippen molar-refractivity contribution in [1.82, 2.24) is 0 Å². The summed E-state index contributed by atoms with van der Waals surface area (Å²) in [6.45, 7) is 0. The molecule has 0 amide bonds. The molecule has 1 heteroatoms. The molecule has 9 heavy (non-hydrogen) atoms. The zero-order valence-corrected chi connectivity index (χ0v) is 4.76. The van der Waals surface area contributed by atoms with Gasteiger partial charge in [-0.2, -0.15) is 0 Å². The third-order valence-electron chi connectivity index (χ3n) is 1.15. The van der Waals surface area contributed by atoms with Crippen LogP contribution in [0.5, 0.6) is 0 Å². The summed E-state index contributed by atoms with van der Waals surface area (Å²) in [6, 6.07) is 5.02. The van der Waals surface area contributed by atoms with Gasteiger partial charge in [-0.05, 0) is 29.3 Å². The second kappa shape index (κ2) is 1.91. The van der Waals surface area contributed by atoms with Crippen LogP contribution in [0.3, 0.4) is 0 Å². The smallest absolute Gasteiger partial charge is 0.124 e. The first-order valence-electron chi connectivity index (χ1n) is 2.50. The molecule has 0 aromatic heterocycles. The summed E-state index contributed by atoms with van der Waals surface area (Å²) in [7, 11) is 0. The van der Waals surface area contributed by atoms with Gasteiger partial charge in [0.25, 0.3) is 0 Å². The van der Waals surface area contributed by atoms with E-state index >= 15 is 0 Å². The van der Waals surface area contributed by atoms with Gasteiger partial charge in [-0.1, -0.05) is 0 Å². The predicted molar refractivity (Wildman–Crippen MR) is 35.3 cm³/mol. The number of halogens is 1. The van der Waals surface area contributed by atoms with Crippen molar-refractivity contribution in [2.75, 3.05) is 0 Å². The lowest BCUT2D eigenvalue weighted by atomic mass is 10.6. The molecule has 0 nitrogen and oxygen atoms in total. The van der Waals surface area contributed by atoms with E-state index in [1.807, 2.05) is 6.07 Å². The van der Waals surface area contributed by atoms with Gasteiger partial charge in [0, 0.05) is 0 Å². The standard InChI is InChI=1S/C6H3F.C2H2/c7-6-2-4-1-5(4)3-6;1-2/h1-3H;1-2H. The van der Waals surface area contributed by atoms with E-state index in [1.54, 1.807) is 0 Å². The lowest BCUT2D eigenvalue weighted by Gasteiger charge is -1.64. The Bertz CT molecular complexity index is 228. The number of rotatable bonds is 0. The van der Waals surface area contributed by atoms with Gasteiger partial charge >= 0.3 is 0 Å². The summed E-state index contributed by atoms with van der Waals surface area (Å²) in [4.78, 5) is 0. The predicted octanol–water partition coefficient (Wildman–Crippen LogP) is 2.06. The average Bonchev–Trinajstić information content (AvgIpc) is 2.46. The number of terminal acetylenes is 1. The zero-order valence-electron chi connectivity index (χ0n) is 4.76. The summed E-state index contributed by atoms with van der Waals surface area (Å²) in [5, 5.41) is 0. The molecule has 2 aliphatic rings. The molecule has 0 aromatic carbocycles. The molecule has 2 aliphatic carbocycles. The first-order chi connectivity index (χ1) is 4.36. The largest absolute Gasteiger partial charge is 0.207 e. The summed E-state index contributed by atoms with van der Waals surface area (Å²) >= 11 is 0. The Morgan fingerprint density at radius 1 is 1.00 bits per heavy atom. The molecule has 0 atom stereocenters. The van der Waals surface area contributed by atoms with Gasteiger partial charge in [0.2, 0.25) is 0 Å². The molecule has 0 saturated heterocycles. The van der Waals surface area contributed by atoms with Crippen molar-refractivity contribution in [2.24, 2.45) is 0 Å². The molecule has 0 aliphatic heterocycles. The molecule has 44 valence electrons. The fraction of sp³-hybridized carbons (Fsp3) is 0. The Labute approximate surface area is 53.3 Å². The van der Waals surface area contributed by atoms with Crippen molar-refractivity contribution in [2.45, 2.75) is 0 Å². The van der Waals surface area contributed by atoms with E-state index in [9.17, 15) is 4.39 Å². The first kappa shape index (κ1) is 5.84. The Morgan fingerprint density at radius 3 is 1.67 bits per heavy atom. The number of benzene rings is 1. The van der Waals surface area contributed by atoms with Crippen molar-refractivity contribution < 1.29 is 4.39 Å². The van der Waals surface area contributed by atoms with Crippen LogP contribution in [0, 0.1) is 18.7 Å². The summed E-state index contributed by atoms with van der Waals surface area (Å²) in [5.74, 6) is -0.104. The summed E-state index contributed by atoms with van der Waals surface area (Å²) in [6.07, 6.45) is 8.00. The number of hydrogen-bond acceptors (Lipinski definition) is 0. The molecule has 0 unspecified atom stereocenters. The summed E-state index contributed by atoms with van der Waals surface area (Å²) in [5.41, 5.74) is 2.13. The average molecular weight is 120 g/mol. The molecular formula is C8H5F. The topological polar surface area (TPSA) is 0 Å². The second-order valence-electron chi connectivity index (χ2n) is 1.73. The highest BCUT2D eigenvalue weighted by Crippen LogP contribution is 2.34. The van der Waals surface area contributed by atoms with E-state index < -0.39 is 0 Å². The van der Waals surface area contributed by atoms with E-state index in [0.29, 0.717) is 0 Å². The minimum atomic E-state index is -0.104. The van der Waals surface area contributed by atoms with E-state index in [0.717, 1.165) is 11.1 Å². The normalized spacial score (nSPS) is 9.22. The van der Waals surface area contributed by atoms with Gasteiger partial charge in [0.15, 0.2) is 0 Å². The molecule has 2 rings (SSSR count). The maximum atomic E-state index is 11.9. The second-order valence-corrected chi connectivity index (χ2v) is 1.73. The molecule has 0 fully saturated rings. The first-order valence-corrected chi connectivity index (χ1v) is 2.50. The maximum absolute atomic E-state index is 11.9. The Morgan fingerprint density at radius 2 is 1.44 bits per heavy atom. The Hall–Kier alpha value is -1.29. The van der Waals surface area contributed by atoms with E-state index in [1.165, 1.54) is 12.1 Å². The minimum Gasteiger partial charge on any atom is -0.207 e. The van der Waals surface area contributed by atoms with Crippen LogP contribution in [0.2, 0.25) is 0 Å². The number of fused-ring (bicyclic) bond motifs is 1. The summed E-state index contributed by atoms with van der Waals surface area (Å²) < 4.78 is 11.9. The third-order valence-corrected chi connectivity index (χ3v) is 1.15. The highest BCUT2D eigenvalue weighted by atomic mass is 19.1. The molecule has 0 N–H and O–H groups in total. The van der Waals surface area contributed by atoms with Crippen molar-refractivity contribution in [1.29, 1.82) is 0 Å². The zero-order chi connectivity index (χ0) is 6.85. The highest BCUT2D eigenvalue weighted by molar-refractivity contribution is 5.80. The SMILES string of the molecule is C#C.Fc1cc2cc-2c1. The van der Waals surface area contributed by atoms with Crippen LogP contribution >= 0.6 is 0 Å². The molecule has 0 heterocycles. The Balaban J connectivity index is 0.000000186. The third kappa shape index (κ3) is 0.921. The van der Waals surface area contributed by atoms with Gasteiger partial charge in [0.05, 0.1) is 0 Å². The van der Waals surface area contributed by atoms with Crippen LogP contribution in [0.1, 0.15) is 0 Å². The highest BCUT2D eigenvalue weighted by Gasteiger charge is 2.12. The van der Waals surface area contributed by atoms with Crippen molar-refractivity contribution in [3.63, 3.8) is 0 Å². The molecule has 0 spiro atoms. The lowest BCUT2D eigenvalue weighted by molar-refractivity contribution is 0.632. The van der Waals surface area contributed by atoms with Crippen LogP contribution in [0.15, 0.2) is 18.2 Å². The van der Waals surface area contributed by atoms with Gasteiger partial charge in [-0.25, -0.2) is 4.39 Å². The van der Waals surface area contributed by atoms with Crippen LogP contribution in [-0.2, 0) is 0 Å². The van der Waals surface area contributed by atoms with Crippen molar-refractivity contribution in [3.05, 3.63) is 24.0 Å². The quantitative estimate of drug-likeness (QED) is 0.467. The Kier molecular flexibility index (Phi) is 1.24. The fourth-order valence-corrected chi connectivity index (χ4v) is 0.720. The van der Waals surface area contributed by atoms with Gasteiger partial charge in [-0.3, -0.25) is 0 Å². The molecule has 0 aromatic rings. The van der Waals surface area contributed by atoms with Gasteiger partial charge < -0.3 is 0 Å². The molecular weight excluding hydrogens is 115 g/mol. The number of hydrogen-bond donors (Lipinski definition) is 0. The lowest BCUT2D eigenvalue weighted by Crippen LogP contribution is -1.51. The van der Waals surface area contributed by atoms with Crippen LogP contribution in [0.25, 0.3) is 11.1 Å². The van der Waals surface area contributed by atoms with Crippen LogP contribution < -0.4 is 0 Å². The van der Waals surface area contributed by atoms with Crippen LogP contribution in [-0.4, -0.2) is 0 Å². The van der Waals surface area contributed by atoms with Gasteiger partial charge in [-0.15, -0.1) is 12.8 Å². The monoisotopic (exact) mass is 120 g/mol. The van der Waals surface area contributed by atoms with E-state index in [-0.39, 0.29) is 5.82 Å².